The number of nitrogens with zero attached hydrogens (tertiary/aromatic N) is 1. The third kappa shape index (κ3) is 2.74. The van der Waals surface area contributed by atoms with Gasteiger partial charge in [-0.3, -0.25) is 4.74 Å². The number of hydrogen-bond acceptors (Lipinski definition) is 3. The van der Waals surface area contributed by atoms with Gasteiger partial charge in [0.05, 0.1) is 0 Å². The second-order valence-electron chi connectivity index (χ2n) is 6.58. The van der Waals surface area contributed by atoms with E-state index in [9.17, 15) is 10.3 Å². The molecule has 0 bridgehead atoms. The van der Waals surface area contributed by atoms with Crippen LogP contribution in [0.15, 0.2) is 36.4 Å². The van der Waals surface area contributed by atoms with E-state index in [1.807, 2.05) is 50.3 Å². The lowest BCUT2D eigenvalue weighted by Crippen LogP contribution is -2.54. The van der Waals surface area contributed by atoms with Gasteiger partial charge in [-0.25, -0.2) is 0 Å². The van der Waals surface area contributed by atoms with Crippen molar-refractivity contribution in [3.05, 3.63) is 47.2 Å². The first-order chi connectivity index (χ1) is 9.58. The molecule has 1 heterocycles. The summed E-state index contributed by atoms with van der Waals surface area (Å²) in [4.78, 5) is 0. The van der Waals surface area contributed by atoms with Gasteiger partial charge in [-0.1, -0.05) is 30.3 Å². The molecule has 1 aliphatic rings. The molecule has 1 aromatic carbocycles. The molecule has 0 aromatic heterocycles. The van der Waals surface area contributed by atoms with Gasteiger partial charge < -0.3 is 10.3 Å². The van der Waals surface area contributed by atoms with Gasteiger partial charge in [-0.15, -0.1) is 0 Å². The Labute approximate surface area is 126 Å². The molecule has 114 valence electrons. The van der Waals surface area contributed by atoms with Gasteiger partial charge in [-0.2, -0.15) is 4.74 Å². The summed E-state index contributed by atoms with van der Waals surface area (Å²) >= 11 is 0. The van der Waals surface area contributed by atoms with Gasteiger partial charge in [0, 0.05) is 13.0 Å². The minimum absolute atomic E-state index is 0.496. The smallest absolute Gasteiger partial charge is 0.304 e. The molecule has 1 unspecified atom stereocenters. The molecule has 2 rings (SSSR count). The zero-order chi connectivity index (χ0) is 15.9. The Morgan fingerprint density at radius 2 is 1.71 bits per heavy atom. The van der Waals surface area contributed by atoms with Crippen LogP contribution >= 0.6 is 0 Å². The van der Waals surface area contributed by atoms with Gasteiger partial charge >= 0.3 is 5.72 Å². The first-order valence-corrected chi connectivity index (χ1v) is 7.08. The fourth-order valence-corrected chi connectivity index (χ4v) is 2.45. The van der Waals surface area contributed by atoms with Crippen LogP contribution in [0.3, 0.4) is 0 Å². The minimum atomic E-state index is -1.31. The zero-order valence-corrected chi connectivity index (χ0v) is 13.3. The molecule has 0 aliphatic carbocycles. The molecule has 4 heteroatoms. The molecular formula is C17H23NO3. The minimum Gasteiger partial charge on any atom is -0.621 e. The van der Waals surface area contributed by atoms with Gasteiger partial charge in [0.1, 0.15) is 0 Å². The van der Waals surface area contributed by atoms with E-state index in [0.29, 0.717) is 5.71 Å². The summed E-state index contributed by atoms with van der Waals surface area (Å²) in [6.07, 6.45) is 3.64. The summed E-state index contributed by atoms with van der Waals surface area (Å²) in [5.74, 6) is 0. The van der Waals surface area contributed by atoms with Crippen molar-refractivity contribution in [2.45, 2.75) is 51.5 Å². The predicted molar refractivity (Wildman–Crippen MR) is 84.0 cm³/mol. The lowest BCUT2D eigenvalue weighted by atomic mass is 9.96. The Morgan fingerprint density at radius 3 is 2.19 bits per heavy atom. The van der Waals surface area contributed by atoms with Crippen LogP contribution in [0.2, 0.25) is 0 Å². The molecule has 4 nitrogen and oxygen atoms in total. The number of hydrogen-bond donors (Lipinski definition) is 1. The average molecular weight is 289 g/mol. The van der Waals surface area contributed by atoms with E-state index in [2.05, 4.69) is 0 Å². The third-order valence-corrected chi connectivity index (χ3v) is 4.05. The van der Waals surface area contributed by atoms with Crippen LogP contribution in [-0.4, -0.2) is 32.5 Å². The summed E-state index contributed by atoms with van der Waals surface area (Å²) in [5.41, 5.74) is -1.86. The molecule has 1 aromatic rings. The average Bonchev–Trinajstić information content (AvgIpc) is 2.55. The molecule has 0 saturated heterocycles. The molecule has 1 atom stereocenters. The van der Waals surface area contributed by atoms with Crippen LogP contribution in [-0.2, 0) is 4.74 Å². The van der Waals surface area contributed by atoms with Crippen LogP contribution in [0.1, 0.15) is 40.2 Å². The highest BCUT2D eigenvalue weighted by atomic mass is 16.6. The highest BCUT2D eigenvalue weighted by Gasteiger charge is 2.60. The fraction of sp³-hybridized carbons (Fsp3) is 0.471. The highest BCUT2D eigenvalue weighted by Crippen LogP contribution is 2.38. The van der Waals surface area contributed by atoms with Crippen molar-refractivity contribution < 1.29 is 14.6 Å². The van der Waals surface area contributed by atoms with E-state index in [1.54, 1.807) is 26.8 Å². The maximum atomic E-state index is 12.7. The van der Waals surface area contributed by atoms with E-state index in [1.165, 1.54) is 0 Å². The van der Waals surface area contributed by atoms with Crippen LogP contribution in [0, 0.1) is 5.21 Å². The first kappa shape index (κ1) is 15.7. The first-order valence-electron chi connectivity index (χ1n) is 7.08. The van der Waals surface area contributed by atoms with Crippen molar-refractivity contribution in [3.63, 3.8) is 0 Å². The third-order valence-electron chi connectivity index (χ3n) is 4.05. The number of rotatable bonds is 3. The quantitative estimate of drug-likeness (QED) is 0.687. The van der Waals surface area contributed by atoms with Crippen LogP contribution in [0.25, 0.3) is 6.08 Å². The van der Waals surface area contributed by atoms with Gasteiger partial charge in [0.25, 0.3) is 0 Å². The largest absolute Gasteiger partial charge is 0.621 e. The molecule has 0 spiro atoms. The SMILES string of the molecule is CC1(C)OC(C)(C(C)(C)O)[N+]([O-])=C1/C=C/c1ccccc1. The Balaban J connectivity index is 2.43. The van der Waals surface area contributed by atoms with Gasteiger partial charge in [0.2, 0.25) is 5.71 Å². The topological polar surface area (TPSA) is 55.5 Å². The summed E-state index contributed by atoms with van der Waals surface area (Å²) in [6, 6.07) is 9.75. The van der Waals surface area contributed by atoms with Crippen molar-refractivity contribution in [2.75, 3.05) is 0 Å². The monoisotopic (exact) mass is 289 g/mol. The summed E-state index contributed by atoms with van der Waals surface area (Å²) < 4.78 is 6.67. The Morgan fingerprint density at radius 1 is 1.14 bits per heavy atom. The van der Waals surface area contributed by atoms with E-state index >= 15 is 0 Å². The van der Waals surface area contributed by atoms with E-state index < -0.39 is 16.9 Å². The zero-order valence-electron chi connectivity index (χ0n) is 13.3. The number of aliphatic hydroxyl groups is 1. The number of ether oxygens (including phenoxy) is 1. The molecule has 0 amide bonds. The summed E-state index contributed by atoms with van der Waals surface area (Å²) in [5, 5.41) is 22.9. The highest BCUT2D eigenvalue weighted by molar-refractivity contribution is 6.01. The van der Waals surface area contributed by atoms with Crippen molar-refractivity contribution in [1.82, 2.24) is 0 Å². The maximum absolute atomic E-state index is 12.7. The summed E-state index contributed by atoms with van der Waals surface area (Å²) in [7, 11) is 0. The van der Waals surface area contributed by atoms with Crippen LogP contribution in [0.4, 0.5) is 0 Å². The number of benzene rings is 1. The second kappa shape index (κ2) is 4.97. The van der Waals surface area contributed by atoms with E-state index in [0.717, 1.165) is 10.3 Å². The van der Waals surface area contributed by atoms with Crippen molar-refractivity contribution >= 4 is 11.8 Å². The molecular weight excluding hydrogens is 266 g/mol. The molecule has 0 saturated carbocycles. The summed E-state index contributed by atoms with van der Waals surface area (Å²) in [6.45, 7) is 8.44. The normalized spacial score (nSPS) is 25.8. The Bertz CT molecular complexity index is 582. The lowest BCUT2D eigenvalue weighted by molar-refractivity contribution is -0.615. The van der Waals surface area contributed by atoms with Crippen LogP contribution in [0.5, 0.6) is 0 Å². The second-order valence-corrected chi connectivity index (χ2v) is 6.58. The predicted octanol–water partition coefficient (Wildman–Crippen LogP) is 2.95. The van der Waals surface area contributed by atoms with E-state index in [4.69, 9.17) is 4.74 Å². The molecule has 1 N–H and O–H groups in total. The lowest BCUT2D eigenvalue weighted by Gasteiger charge is -2.34. The number of hydroxylamine groups is 1. The molecule has 1 aliphatic heterocycles. The Kier molecular flexibility index (Phi) is 3.72. The molecule has 0 radical (unpaired) electrons. The van der Waals surface area contributed by atoms with Crippen LogP contribution < -0.4 is 0 Å². The van der Waals surface area contributed by atoms with E-state index in [-0.39, 0.29) is 0 Å². The maximum Gasteiger partial charge on any atom is 0.304 e. The van der Waals surface area contributed by atoms with Crippen molar-refractivity contribution in [1.29, 1.82) is 0 Å². The Hall–Kier alpha value is -1.65. The molecule has 0 fully saturated rings. The fourth-order valence-electron chi connectivity index (χ4n) is 2.45. The van der Waals surface area contributed by atoms with Crippen molar-refractivity contribution in [3.8, 4) is 0 Å². The van der Waals surface area contributed by atoms with Crippen molar-refractivity contribution in [2.24, 2.45) is 0 Å². The van der Waals surface area contributed by atoms with Gasteiger partial charge in [-0.05, 0) is 39.3 Å². The molecule has 21 heavy (non-hydrogen) atoms. The van der Waals surface area contributed by atoms with Gasteiger partial charge in [0.15, 0.2) is 11.2 Å². The standard InChI is InChI=1S/C17H23NO3/c1-15(2)14(12-11-13-9-7-6-8-10-13)18(20)17(5,21-15)16(3,4)19/h6-12,19H,1-5H3/b12-11+.